The summed E-state index contributed by atoms with van der Waals surface area (Å²) in [5.41, 5.74) is 1.23. The number of hydrogen-bond acceptors (Lipinski definition) is 1. The molecule has 1 aromatic rings. The second-order valence-electron chi connectivity index (χ2n) is 5.15. The number of hydrogen-bond donors (Lipinski definition) is 0. The monoisotopic (exact) mass is 287 g/mol. The Hall–Kier alpha value is -0.240. The van der Waals surface area contributed by atoms with Gasteiger partial charge in [0.25, 0.3) is 0 Å². The summed E-state index contributed by atoms with van der Waals surface area (Å²) in [6.45, 7) is 9.91. The maximum atomic E-state index is 6.04. The van der Waals surface area contributed by atoms with Gasteiger partial charge in [0.1, 0.15) is 0 Å². The molecule has 0 N–H and O–H groups in total. The SMILES string of the molecule is CCN(CCCC(C)C)Cc1ccc(Cl)c(Cl)c1. The molecule has 1 nitrogen and oxygen atoms in total. The molecule has 102 valence electrons. The lowest BCUT2D eigenvalue weighted by atomic mass is 10.1. The Balaban J connectivity index is 2.49. The molecule has 1 rings (SSSR count). The predicted octanol–water partition coefficient (Wildman–Crippen LogP) is 5.25. The van der Waals surface area contributed by atoms with Crippen LogP contribution >= 0.6 is 23.2 Å². The molecule has 0 saturated carbocycles. The third-order valence-corrected chi connectivity index (χ3v) is 3.83. The van der Waals surface area contributed by atoms with Gasteiger partial charge >= 0.3 is 0 Å². The Morgan fingerprint density at radius 2 is 1.89 bits per heavy atom. The van der Waals surface area contributed by atoms with Gasteiger partial charge in [0, 0.05) is 6.54 Å². The molecular formula is C15H23Cl2N. The summed E-state index contributed by atoms with van der Waals surface area (Å²) < 4.78 is 0. The fourth-order valence-corrected chi connectivity index (χ4v) is 2.29. The zero-order chi connectivity index (χ0) is 13.5. The summed E-state index contributed by atoms with van der Waals surface area (Å²) in [5.74, 6) is 0.786. The quantitative estimate of drug-likeness (QED) is 0.662. The summed E-state index contributed by atoms with van der Waals surface area (Å²) in [6.07, 6.45) is 2.55. The molecule has 0 spiro atoms. The second-order valence-corrected chi connectivity index (χ2v) is 5.97. The van der Waals surface area contributed by atoms with E-state index in [1.807, 2.05) is 12.1 Å². The molecule has 0 aliphatic rings. The number of halogens is 2. The fraction of sp³-hybridized carbons (Fsp3) is 0.600. The van der Waals surface area contributed by atoms with E-state index >= 15 is 0 Å². The van der Waals surface area contributed by atoms with Crippen LogP contribution in [0.15, 0.2) is 18.2 Å². The zero-order valence-corrected chi connectivity index (χ0v) is 13.1. The van der Waals surface area contributed by atoms with Crippen LogP contribution < -0.4 is 0 Å². The molecule has 0 atom stereocenters. The summed E-state index contributed by atoms with van der Waals surface area (Å²) in [7, 11) is 0. The maximum absolute atomic E-state index is 6.04. The molecule has 3 heteroatoms. The highest BCUT2D eigenvalue weighted by Crippen LogP contribution is 2.23. The summed E-state index contributed by atoms with van der Waals surface area (Å²) >= 11 is 12.0. The molecule has 0 unspecified atom stereocenters. The standard InChI is InChI=1S/C15H23Cl2N/c1-4-18(9-5-6-12(2)3)11-13-7-8-14(16)15(17)10-13/h7-8,10,12H,4-6,9,11H2,1-3H3. The summed E-state index contributed by atoms with van der Waals surface area (Å²) in [4.78, 5) is 2.45. The Kier molecular flexibility index (Phi) is 7.06. The first-order valence-electron chi connectivity index (χ1n) is 6.69. The van der Waals surface area contributed by atoms with Crippen LogP contribution in [0.3, 0.4) is 0 Å². The van der Waals surface area contributed by atoms with Gasteiger partial charge in [0.2, 0.25) is 0 Å². The van der Waals surface area contributed by atoms with Gasteiger partial charge in [-0.25, -0.2) is 0 Å². The average Bonchev–Trinajstić information content (AvgIpc) is 2.32. The third kappa shape index (κ3) is 5.60. The Morgan fingerprint density at radius 1 is 1.17 bits per heavy atom. The topological polar surface area (TPSA) is 3.24 Å². The van der Waals surface area contributed by atoms with Gasteiger partial charge in [-0.15, -0.1) is 0 Å². The van der Waals surface area contributed by atoms with Crippen molar-refractivity contribution in [3.05, 3.63) is 33.8 Å². The van der Waals surface area contributed by atoms with Gasteiger partial charge in [0.05, 0.1) is 10.0 Å². The lowest BCUT2D eigenvalue weighted by Crippen LogP contribution is -2.24. The smallest absolute Gasteiger partial charge is 0.0595 e. The van der Waals surface area contributed by atoms with E-state index in [1.165, 1.54) is 18.4 Å². The zero-order valence-electron chi connectivity index (χ0n) is 11.5. The Labute approximate surface area is 121 Å². The predicted molar refractivity (Wildman–Crippen MR) is 81.5 cm³/mol. The molecule has 0 bridgehead atoms. The molecule has 18 heavy (non-hydrogen) atoms. The second kappa shape index (κ2) is 8.04. The van der Waals surface area contributed by atoms with Crippen LogP contribution in [0, 0.1) is 5.92 Å². The molecule has 0 saturated heterocycles. The minimum absolute atomic E-state index is 0.628. The normalized spacial score (nSPS) is 11.5. The first kappa shape index (κ1) is 15.8. The highest BCUT2D eigenvalue weighted by atomic mass is 35.5. The van der Waals surface area contributed by atoms with E-state index in [4.69, 9.17) is 23.2 Å². The average molecular weight is 288 g/mol. The van der Waals surface area contributed by atoms with E-state index < -0.39 is 0 Å². The van der Waals surface area contributed by atoms with E-state index in [0.29, 0.717) is 10.0 Å². The number of rotatable bonds is 7. The lowest BCUT2D eigenvalue weighted by Gasteiger charge is -2.21. The number of benzene rings is 1. The maximum Gasteiger partial charge on any atom is 0.0595 e. The molecule has 0 aromatic heterocycles. The molecule has 0 aliphatic carbocycles. The van der Waals surface area contributed by atoms with Crippen LogP contribution in [-0.4, -0.2) is 18.0 Å². The van der Waals surface area contributed by atoms with Gasteiger partial charge in [-0.05, 0) is 49.5 Å². The van der Waals surface area contributed by atoms with E-state index in [1.54, 1.807) is 0 Å². The molecule has 0 heterocycles. The van der Waals surface area contributed by atoms with Crippen molar-refractivity contribution in [3.8, 4) is 0 Å². The van der Waals surface area contributed by atoms with Gasteiger partial charge in [0.15, 0.2) is 0 Å². The van der Waals surface area contributed by atoms with Gasteiger partial charge in [-0.3, -0.25) is 4.90 Å². The molecular weight excluding hydrogens is 265 g/mol. The highest BCUT2D eigenvalue weighted by molar-refractivity contribution is 6.42. The molecule has 0 radical (unpaired) electrons. The minimum Gasteiger partial charge on any atom is -0.299 e. The van der Waals surface area contributed by atoms with Crippen LogP contribution in [0.5, 0.6) is 0 Å². The Bertz CT molecular complexity index is 364. The van der Waals surface area contributed by atoms with Crippen molar-refractivity contribution in [2.75, 3.05) is 13.1 Å². The van der Waals surface area contributed by atoms with Crippen molar-refractivity contribution in [2.45, 2.75) is 40.2 Å². The Morgan fingerprint density at radius 3 is 2.44 bits per heavy atom. The molecule has 1 aromatic carbocycles. The van der Waals surface area contributed by atoms with Gasteiger partial charge in [-0.2, -0.15) is 0 Å². The summed E-state index contributed by atoms with van der Waals surface area (Å²) in [6, 6.07) is 5.90. The summed E-state index contributed by atoms with van der Waals surface area (Å²) in [5, 5.41) is 1.27. The van der Waals surface area contributed by atoms with Crippen molar-refractivity contribution >= 4 is 23.2 Å². The molecule has 0 fully saturated rings. The minimum atomic E-state index is 0.628. The van der Waals surface area contributed by atoms with E-state index in [9.17, 15) is 0 Å². The lowest BCUT2D eigenvalue weighted by molar-refractivity contribution is 0.268. The van der Waals surface area contributed by atoms with Crippen molar-refractivity contribution in [1.82, 2.24) is 4.90 Å². The van der Waals surface area contributed by atoms with Crippen LogP contribution in [0.1, 0.15) is 39.2 Å². The fourth-order valence-electron chi connectivity index (χ4n) is 1.97. The van der Waals surface area contributed by atoms with Crippen molar-refractivity contribution in [3.63, 3.8) is 0 Å². The highest BCUT2D eigenvalue weighted by Gasteiger charge is 2.06. The van der Waals surface area contributed by atoms with Crippen molar-refractivity contribution < 1.29 is 0 Å². The molecule has 0 aliphatic heterocycles. The van der Waals surface area contributed by atoms with E-state index in [-0.39, 0.29) is 0 Å². The van der Waals surface area contributed by atoms with Gasteiger partial charge < -0.3 is 0 Å². The molecule has 0 amide bonds. The number of nitrogens with zero attached hydrogens (tertiary/aromatic N) is 1. The van der Waals surface area contributed by atoms with E-state index in [0.717, 1.165) is 25.6 Å². The third-order valence-electron chi connectivity index (χ3n) is 3.09. The largest absolute Gasteiger partial charge is 0.299 e. The van der Waals surface area contributed by atoms with Crippen LogP contribution in [-0.2, 0) is 6.54 Å². The van der Waals surface area contributed by atoms with Crippen molar-refractivity contribution in [2.24, 2.45) is 5.92 Å². The first-order valence-corrected chi connectivity index (χ1v) is 7.44. The first-order chi connectivity index (χ1) is 8.52. The van der Waals surface area contributed by atoms with Gasteiger partial charge in [-0.1, -0.05) is 50.0 Å². The van der Waals surface area contributed by atoms with Crippen molar-refractivity contribution in [1.29, 1.82) is 0 Å². The van der Waals surface area contributed by atoms with E-state index in [2.05, 4.69) is 31.7 Å². The van der Waals surface area contributed by atoms with Crippen LogP contribution in [0.2, 0.25) is 10.0 Å². The van der Waals surface area contributed by atoms with Crippen LogP contribution in [0.25, 0.3) is 0 Å². The van der Waals surface area contributed by atoms with Crippen LogP contribution in [0.4, 0.5) is 0 Å².